The minimum atomic E-state index is -3.92. The van der Waals surface area contributed by atoms with E-state index in [4.69, 9.17) is 4.74 Å². The Morgan fingerprint density at radius 1 is 1.13 bits per heavy atom. The number of ether oxygens (including phenoxy) is 1. The first kappa shape index (κ1) is 20.8. The highest BCUT2D eigenvalue weighted by atomic mass is 32.2. The lowest BCUT2D eigenvalue weighted by Gasteiger charge is -2.25. The fourth-order valence-corrected chi connectivity index (χ4v) is 4.33. The van der Waals surface area contributed by atoms with Gasteiger partial charge in [-0.05, 0) is 61.2 Å². The summed E-state index contributed by atoms with van der Waals surface area (Å²) in [6, 6.07) is 16.8. The van der Waals surface area contributed by atoms with Crippen LogP contribution in [-0.2, 0) is 10.0 Å². The van der Waals surface area contributed by atoms with Crippen molar-refractivity contribution in [1.82, 2.24) is 4.98 Å². The van der Waals surface area contributed by atoms with Crippen LogP contribution in [0.25, 0.3) is 11.3 Å². The van der Waals surface area contributed by atoms with Crippen molar-refractivity contribution in [2.75, 3.05) is 11.3 Å². The molecule has 0 amide bonds. The van der Waals surface area contributed by atoms with Crippen LogP contribution in [0.5, 0.6) is 5.88 Å². The van der Waals surface area contributed by atoms with E-state index in [0.29, 0.717) is 18.1 Å². The maximum Gasteiger partial charge on any atom is 0.261 e. The summed E-state index contributed by atoms with van der Waals surface area (Å²) in [5, 5.41) is 9.60. The largest absolute Gasteiger partial charge is 0.476 e. The lowest BCUT2D eigenvalue weighted by Crippen LogP contribution is -2.20. The predicted molar refractivity (Wildman–Crippen MR) is 114 cm³/mol. The van der Waals surface area contributed by atoms with Gasteiger partial charge in [-0.3, -0.25) is 4.72 Å². The van der Waals surface area contributed by atoms with Crippen LogP contribution in [0, 0.1) is 23.1 Å². The molecule has 0 saturated heterocycles. The van der Waals surface area contributed by atoms with E-state index in [9.17, 15) is 18.1 Å². The molecule has 0 aliphatic heterocycles. The number of rotatable bonds is 7. The number of hydrogen-bond acceptors (Lipinski definition) is 5. The molecule has 0 bridgehead atoms. The molecule has 31 heavy (non-hydrogen) atoms. The molecular formula is C23H20FN3O3S. The summed E-state index contributed by atoms with van der Waals surface area (Å²) in [4.78, 5) is 4.53. The Bertz CT molecular complexity index is 1220. The van der Waals surface area contributed by atoms with E-state index in [-0.39, 0.29) is 27.7 Å². The lowest BCUT2D eigenvalue weighted by atomic mass is 9.86. The summed E-state index contributed by atoms with van der Waals surface area (Å²) in [7, 11) is -3.92. The second-order valence-corrected chi connectivity index (χ2v) is 9.06. The molecule has 1 fully saturated rings. The van der Waals surface area contributed by atoms with Crippen molar-refractivity contribution in [3.05, 3.63) is 72.0 Å². The fourth-order valence-electron chi connectivity index (χ4n) is 3.25. The number of sulfonamides is 1. The lowest BCUT2D eigenvalue weighted by molar-refractivity contribution is 0.175. The van der Waals surface area contributed by atoms with E-state index in [1.165, 1.54) is 42.5 Å². The Morgan fingerprint density at radius 2 is 1.84 bits per heavy atom. The molecule has 3 aromatic rings. The highest BCUT2D eigenvalue weighted by Crippen LogP contribution is 2.34. The topological polar surface area (TPSA) is 92.1 Å². The van der Waals surface area contributed by atoms with Gasteiger partial charge in [0, 0.05) is 5.56 Å². The highest BCUT2D eigenvalue weighted by Gasteiger charge is 2.23. The predicted octanol–water partition coefficient (Wildman–Crippen LogP) is 4.74. The molecule has 1 heterocycles. The van der Waals surface area contributed by atoms with Crippen LogP contribution >= 0.6 is 0 Å². The Kier molecular flexibility index (Phi) is 5.87. The number of nitrogens with zero attached hydrogens (tertiary/aromatic N) is 2. The molecule has 1 saturated carbocycles. The van der Waals surface area contributed by atoms with Crippen LogP contribution in [0.15, 0.2) is 65.6 Å². The Labute approximate surface area is 180 Å². The normalized spacial score (nSPS) is 13.8. The van der Waals surface area contributed by atoms with E-state index >= 15 is 0 Å². The van der Waals surface area contributed by atoms with Crippen molar-refractivity contribution in [3.63, 3.8) is 0 Å². The SMILES string of the molecule is N#Cc1cc(NS(=O)(=O)c2ccccc2)c(-c2ccc(F)cc2)nc1OCC1CCC1. The number of pyridine rings is 1. The molecule has 8 heteroatoms. The summed E-state index contributed by atoms with van der Waals surface area (Å²) >= 11 is 0. The summed E-state index contributed by atoms with van der Waals surface area (Å²) < 4.78 is 47.5. The van der Waals surface area contributed by atoms with Gasteiger partial charge in [0.25, 0.3) is 10.0 Å². The Balaban J connectivity index is 1.76. The number of nitriles is 1. The van der Waals surface area contributed by atoms with Crippen LogP contribution in [0.2, 0.25) is 0 Å². The van der Waals surface area contributed by atoms with Gasteiger partial charge in [-0.1, -0.05) is 24.6 Å². The highest BCUT2D eigenvalue weighted by molar-refractivity contribution is 7.92. The zero-order valence-corrected chi connectivity index (χ0v) is 17.4. The molecular weight excluding hydrogens is 417 g/mol. The number of halogens is 1. The average Bonchev–Trinajstić information content (AvgIpc) is 2.74. The van der Waals surface area contributed by atoms with Gasteiger partial charge in [-0.25, -0.2) is 17.8 Å². The van der Waals surface area contributed by atoms with Gasteiger partial charge in [0.15, 0.2) is 0 Å². The molecule has 0 unspecified atom stereocenters. The third-order valence-corrected chi connectivity index (χ3v) is 6.59. The minimum Gasteiger partial charge on any atom is -0.476 e. The van der Waals surface area contributed by atoms with Crippen molar-refractivity contribution < 1.29 is 17.5 Å². The zero-order chi connectivity index (χ0) is 21.8. The van der Waals surface area contributed by atoms with E-state index in [2.05, 4.69) is 9.71 Å². The number of benzene rings is 2. The number of nitrogens with one attached hydrogen (secondary N) is 1. The van der Waals surface area contributed by atoms with Gasteiger partial charge in [0.05, 0.1) is 22.9 Å². The summed E-state index contributed by atoms with van der Waals surface area (Å²) in [5.74, 6) is 0.139. The molecule has 1 aromatic heterocycles. The molecule has 0 spiro atoms. The first-order valence-corrected chi connectivity index (χ1v) is 11.4. The number of aromatic nitrogens is 1. The molecule has 1 aliphatic rings. The van der Waals surface area contributed by atoms with Gasteiger partial charge >= 0.3 is 0 Å². The van der Waals surface area contributed by atoms with Crippen LogP contribution in [0.3, 0.4) is 0 Å². The van der Waals surface area contributed by atoms with Crippen molar-refractivity contribution in [3.8, 4) is 23.2 Å². The standard InChI is InChI=1S/C23H20FN3O3S/c24-19-11-9-17(10-12-19)22-21(27-31(28,29)20-7-2-1-3-8-20)13-18(14-25)23(26-22)30-15-16-5-4-6-16/h1-3,7-13,16,27H,4-6,15H2. The van der Waals surface area contributed by atoms with Crippen molar-refractivity contribution in [2.45, 2.75) is 24.2 Å². The van der Waals surface area contributed by atoms with Gasteiger partial charge in [0.2, 0.25) is 5.88 Å². The quantitative estimate of drug-likeness (QED) is 0.576. The number of anilines is 1. The third kappa shape index (κ3) is 4.67. The Hall–Kier alpha value is -3.44. The monoisotopic (exact) mass is 437 g/mol. The smallest absolute Gasteiger partial charge is 0.261 e. The minimum absolute atomic E-state index is 0.0730. The first-order chi connectivity index (χ1) is 15.0. The third-order valence-electron chi connectivity index (χ3n) is 5.20. The van der Waals surface area contributed by atoms with E-state index in [1.54, 1.807) is 18.2 Å². The molecule has 2 aromatic carbocycles. The second-order valence-electron chi connectivity index (χ2n) is 7.38. The summed E-state index contributed by atoms with van der Waals surface area (Å²) in [5.41, 5.74) is 0.978. The molecule has 0 atom stereocenters. The van der Waals surface area contributed by atoms with Crippen LogP contribution in [0.1, 0.15) is 24.8 Å². The molecule has 4 rings (SSSR count). The second kappa shape index (κ2) is 8.74. The summed E-state index contributed by atoms with van der Waals surface area (Å²) in [6.07, 6.45) is 3.30. The van der Waals surface area contributed by atoms with Gasteiger partial charge in [0.1, 0.15) is 17.4 Å². The zero-order valence-electron chi connectivity index (χ0n) is 16.6. The Morgan fingerprint density at radius 3 is 2.45 bits per heavy atom. The van der Waals surface area contributed by atoms with Gasteiger partial charge in [-0.2, -0.15) is 5.26 Å². The summed E-state index contributed by atoms with van der Waals surface area (Å²) in [6.45, 7) is 0.444. The van der Waals surface area contributed by atoms with Crippen LogP contribution in [0.4, 0.5) is 10.1 Å². The van der Waals surface area contributed by atoms with Crippen LogP contribution in [-0.4, -0.2) is 20.0 Å². The molecule has 1 aliphatic carbocycles. The van der Waals surface area contributed by atoms with E-state index in [0.717, 1.165) is 19.3 Å². The maximum atomic E-state index is 13.4. The molecule has 0 radical (unpaired) electrons. The van der Waals surface area contributed by atoms with E-state index < -0.39 is 15.8 Å². The first-order valence-electron chi connectivity index (χ1n) is 9.88. The van der Waals surface area contributed by atoms with Crippen molar-refractivity contribution >= 4 is 15.7 Å². The maximum absolute atomic E-state index is 13.4. The van der Waals surface area contributed by atoms with Crippen LogP contribution < -0.4 is 9.46 Å². The molecule has 158 valence electrons. The van der Waals surface area contributed by atoms with E-state index in [1.807, 2.05) is 6.07 Å². The fraction of sp³-hybridized carbons (Fsp3) is 0.217. The number of hydrogen-bond donors (Lipinski definition) is 1. The molecule has 1 N–H and O–H groups in total. The van der Waals surface area contributed by atoms with Gasteiger partial charge < -0.3 is 4.74 Å². The van der Waals surface area contributed by atoms with Crippen molar-refractivity contribution in [1.29, 1.82) is 5.26 Å². The van der Waals surface area contributed by atoms with Crippen molar-refractivity contribution in [2.24, 2.45) is 5.92 Å². The van der Waals surface area contributed by atoms with Gasteiger partial charge in [-0.15, -0.1) is 0 Å². The molecule has 6 nitrogen and oxygen atoms in total. The average molecular weight is 437 g/mol.